The molecule has 5 heteroatoms. The Morgan fingerprint density at radius 2 is 2.12 bits per heavy atom. The van der Waals surface area contributed by atoms with Gasteiger partial charge >= 0.3 is 5.97 Å². The minimum Gasteiger partial charge on any atom is -0.469 e. The average Bonchev–Trinajstić information content (AvgIpc) is 2.99. The van der Waals surface area contributed by atoms with Crippen molar-refractivity contribution >= 4 is 11.9 Å². The van der Waals surface area contributed by atoms with Gasteiger partial charge in [-0.05, 0) is 32.1 Å². The first kappa shape index (κ1) is 22.2. The van der Waals surface area contributed by atoms with Crippen molar-refractivity contribution in [3.63, 3.8) is 0 Å². The van der Waals surface area contributed by atoms with Crippen molar-refractivity contribution < 1.29 is 19.4 Å². The summed E-state index contributed by atoms with van der Waals surface area (Å²) in [6.07, 6.45) is 9.49. The van der Waals surface area contributed by atoms with Crippen molar-refractivity contribution in [2.45, 2.75) is 77.4 Å². The van der Waals surface area contributed by atoms with Crippen LogP contribution in [0.25, 0.3) is 0 Å². The van der Waals surface area contributed by atoms with Crippen molar-refractivity contribution in [1.29, 1.82) is 0 Å². The first-order chi connectivity index (χ1) is 12.5. The fourth-order valence-electron chi connectivity index (χ4n) is 3.07. The molecule has 1 amide bonds. The first-order valence-electron chi connectivity index (χ1n) is 9.61. The van der Waals surface area contributed by atoms with Gasteiger partial charge in [-0.25, -0.2) is 0 Å². The number of hydrogen-bond acceptors (Lipinski definition) is 4. The van der Waals surface area contributed by atoms with Crippen LogP contribution in [0, 0.1) is 17.8 Å². The molecule has 1 fully saturated rings. The van der Waals surface area contributed by atoms with Gasteiger partial charge in [-0.1, -0.05) is 31.9 Å². The lowest BCUT2D eigenvalue weighted by Crippen LogP contribution is -2.33. The van der Waals surface area contributed by atoms with Gasteiger partial charge in [0.2, 0.25) is 5.91 Å². The lowest BCUT2D eigenvalue weighted by atomic mass is 10.00. The van der Waals surface area contributed by atoms with Crippen LogP contribution in [0.5, 0.6) is 0 Å². The SMILES string of the molecule is CC#CC[C@H](C)[C@@H](O)C=C[C@H]1CCC(=O)N1CCCCCCC(=O)OC. The lowest BCUT2D eigenvalue weighted by Gasteiger charge is -2.23. The number of amides is 1. The molecule has 1 N–H and O–H groups in total. The minimum atomic E-state index is -0.535. The molecule has 0 radical (unpaired) electrons. The summed E-state index contributed by atoms with van der Waals surface area (Å²) in [4.78, 5) is 25.1. The van der Waals surface area contributed by atoms with Crippen LogP contribution in [0.15, 0.2) is 12.2 Å². The minimum absolute atomic E-state index is 0.0803. The first-order valence-corrected chi connectivity index (χ1v) is 9.61. The van der Waals surface area contributed by atoms with Gasteiger partial charge in [0.15, 0.2) is 0 Å². The highest BCUT2D eigenvalue weighted by molar-refractivity contribution is 5.79. The fraction of sp³-hybridized carbons (Fsp3) is 0.714. The van der Waals surface area contributed by atoms with E-state index in [0.717, 1.165) is 38.6 Å². The third-order valence-electron chi connectivity index (χ3n) is 4.85. The molecular weight excluding hydrogens is 330 g/mol. The van der Waals surface area contributed by atoms with Gasteiger partial charge in [-0.15, -0.1) is 11.8 Å². The number of ether oxygens (including phenoxy) is 1. The molecule has 26 heavy (non-hydrogen) atoms. The van der Waals surface area contributed by atoms with E-state index >= 15 is 0 Å². The lowest BCUT2D eigenvalue weighted by molar-refractivity contribution is -0.140. The Balaban J connectivity index is 2.36. The molecule has 1 aliphatic rings. The van der Waals surface area contributed by atoms with Gasteiger partial charge in [-0.3, -0.25) is 9.59 Å². The normalized spacial score (nSPS) is 19.3. The molecule has 0 spiro atoms. The van der Waals surface area contributed by atoms with Gasteiger partial charge in [-0.2, -0.15) is 0 Å². The zero-order valence-corrected chi connectivity index (χ0v) is 16.4. The van der Waals surface area contributed by atoms with Crippen LogP contribution < -0.4 is 0 Å². The maximum atomic E-state index is 12.1. The molecule has 0 aromatic heterocycles. The Morgan fingerprint density at radius 3 is 2.81 bits per heavy atom. The zero-order valence-electron chi connectivity index (χ0n) is 16.4. The summed E-state index contributed by atoms with van der Waals surface area (Å²) in [6, 6.07) is 0.0803. The number of rotatable bonds is 11. The van der Waals surface area contributed by atoms with Crippen molar-refractivity contribution in [3.05, 3.63) is 12.2 Å². The molecule has 1 aliphatic heterocycles. The molecule has 0 aliphatic carbocycles. The molecule has 1 heterocycles. The molecule has 0 aromatic rings. The number of carbonyl (C=O) groups excluding carboxylic acids is 2. The Morgan fingerprint density at radius 1 is 1.38 bits per heavy atom. The number of aliphatic hydroxyl groups is 1. The molecule has 1 rings (SSSR count). The van der Waals surface area contributed by atoms with E-state index in [1.165, 1.54) is 7.11 Å². The fourth-order valence-corrected chi connectivity index (χ4v) is 3.07. The second kappa shape index (κ2) is 12.5. The van der Waals surface area contributed by atoms with Crippen LogP contribution in [0.3, 0.4) is 0 Å². The summed E-state index contributed by atoms with van der Waals surface area (Å²) in [6.45, 7) is 4.51. The van der Waals surface area contributed by atoms with Gasteiger partial charge in [0, 0.05) is 25.8 Å². The van der Waals surface area contributed by atoms with E-state index in [0.29, 0.717) is 19.3 Å². The Hall–Kier alpha value is -1.80. The molecule has 0 bridgehead atoms. The Kier molecular flexibility index (Phi) is 10.7. The highest BCUT2D eigenvalue weighted by Gasteiger charge is 2.28. The Bertz CT molecular complexity index is 532. The summed E-state index contributed by atoms with van der Waals surface area (Å²) in [5.41, 5.74) is 0. The average molecular weight is 363 g/mol. The van der Waals surface area contributed by atoms with Crippen molar-refractivity contribution in [2.24, 2.45) is 5.92 Å². The monoisotopic (exact) mass is 363 g/mol. The van der Waals surface area contributed by atoms with Gasteiger partial charge in [0.25, 0.3) is 0 Å². The van der Waals surface area contributed by atoms with Crippen LogP contribution in [-0.4, -0.2) is 47.7 Å². The number of methoxy groups -OCH3 is 1. The standard InChI is InChI=1S/C21H33NO4/c1-4-5-10-17(2)19(23)14-12-18-13-15-20(24)22(18)16-9-7-6-8-11-21(25)26-3/h12,14,17-19,23H,6-11,13,15-16H2,1-3H3/t17-,18-,19-/m0/s1. The predicted molar refractivity (Wildman–Crippen MR) is 102 cm³/mol. The smallest absolute Gasteiger partial charge is 0.305 e. The highest BCUT2D eigenvalue weighted by atomic mass is 16.5. The maximum Gasteiger partial charge on any atom is 0.305 e. The molecule has 146 valence electrons. The topological polar surface area (TPSA) is 66.8 Å². The molecular formula is C21H33NO4. The van der Waals surface area contributed by atoms with Crippen LogP contribution >= 0.6 is 0 Å². The summed E-state index contributed by atoms with van der Waals surface area (Å²) in [7, 11) is 1.41. The van der Waals surface area contributed by atoms with E-state index in [2.05, 4.69) is 16.6 Å². The summed E-state index contributed by atoms with van der Waals surface area (Å²) >= 11 is 0. The van der Waals surface area contributed by atoms with Gasteiger partial charge in [0.05, 0.1) is 19.3 Å². The highest BCUT2D eigenvalue weighted by Crippen LogP contribution is 2.21. The molecule has 3 atom stereocenters. The molecule has 0 unspecified atom stereocenters. The van der Waals surface area contributed by atoms with Crippen LogP contribution in [0.1, 0.15) is 65.2 Å². The van der Waals surface area contributed by atoms with E-state index in [9.17, 15) is 14.7 Å². The molecule has 0 aromatic carbocycles. The van der Waals surface area contributed by atoms with Crippen molar-refractivity contribution in [1.82, 2.24) is 4.90 Å². The van der Waals surface area contributed by atoms with Crippen molar-refractivity contribution in [2.75, 3.05) is 13.7 Å². The molecule has 5 nitrogen and oxygen atoms in total. The summed E-state index contributed by atoms with van der Waals surface area (Å²) in [5, 5.41) is 10.2. The predicted octanol–water partition coefficient (Wildman–Crippen LogP) is 3.07. The quantitative estimate of drug-likeness (QED) is 0.265. The molecule has 0 saturated carbocycles. The number of hydrogen-bond donors (Lipinski definition) is 1. The summed E-state index contributed by atoms with van der Waals surface area (Å²) in [5.74, 6) is 5.94. The maximum absolute atomic E-state index is 12.1. The number of nitrogens with zero attached hydrogens (tertiary/aromatic N) is 1. The van der Waals surface area contributed by atoms with Crippen LogP contribution in [0.2, 0.25) is 0 Å². The van der Waals surface area contributed by atoms with Crippen molar-refractivity contribution in [3.8, 4) is 11.8 Å². The number of esters is 1. The Labute approximate surface area is 157 Å². The summed E-state index contributed by atoms with van der Waals surface area (Å²) < 4.78 is 4.62. The van der Waals surface area contributed by atoms with E-state index in [1.54, 1.807) is 6.92 Å². The number of carbonyl (C=O) groups is 2. The van der Waals surface area contributed by atoms with E-state index < -0.39 is 6.10 Å². The van der Waals surface area contributed by atoms with Crippen LogP contribution in [0.4, 0.5) is 0 Å². The second-order valence-corrected chi connectivity index (χ2v) is 6.92. The van der Waals surface area contributed by atoms with Crippen LogP contribution in [-0.2, 0) is 14.3 Å². The number of unbranched alkanes of at least 4 members (excludes halogenated alkanes) is 3. The third-order valence-corrected chi connectivity index (χ3v) is 4.85. The number of aliphatic hydroxyl groups excluding tert-OH is 1. The number of likely N-dealkylation sites (tertiary alicyclic amines) is 1. The van der Waals surface area contributed by atoms with E-state index in [-0.39, 0.29) is 23.8 Å². The van der Waals surface area contributed by atoms with E-state index in [4.69, 9.17) is 0 Å². The third kappa shape index (κ3) is 8.05. The second-order valence-electron chi connectivity index (χ2n) is 6.92. The van der Waals surface area contributed by atoms with E-state index in [1.807, 2.05) is 24.0 Å². The van der Waals surface area contributed by atoms with Gasteiger partial charge in [0.1, 0.15) is 0 Å². The van der Waals surface area contributed by atoms with Gasteiger partial charge < -0.3 is 14.7 Å². The zero-order chi connectivity index (χ0) is 19.4. The largest absolute Gasteiger partial charge is 0.469 e. The molecule has 1 saturated heterocycles.